The van der Waals surface area contributed by atoms with Gasteiger partial charge in [-0.3, -0.25) is 0 Å². The van der Waals surface area contributed by atoms with Gasteiger partial charge in [-0.2, -0.15) is 11.8 Å². The van der Waals surface area contributed by atoms with Crippen molar-refractivity contribution in [2.45, 2.75) is 45.6 Å². The molecule has 0 aromatic carbocycles. The molecule has 12 heavy (non-hydrogen) atoms. The van der Waals surface area contributed by atoms with Gasteiger partial charge in [-0.25, -0.2) is 0 Å². The molecule has 0 radical (unpaired) electrons. The molecule has 0 amide bonds. The molecule has 0 saturated heterocycles. The van der Waals surface area contributed by atoms with Gasteiger partial charge >= 0.3 is 0 Å². The number of nitrogens with one attached hydrogen (secondary N) is 1. The van der Waals surface area contributed by atoms with Crippen LogP contribution in [0.4, 0.5) is 0 Å². The Morgan fingerprint density at radius 3 is 2.50 bits per heavy atom. The summed E-state index contributed by atoms with van der Waals surface area (Å²) in [5, 5.41) is 3.58. The molecule has 0 aliphatic heterocycles. The molecule has 0 spiro atoms. The van der Waals surface area contributed by atoms with Crippen molar-refractivity contribution in [3.63, 3.8) is 0 Å². The van der Waals surface area contributed by atoms with Crippen LogP contribution in [0.2, 0.25) is 0 Å². The van der Waals surface area contributed by atoms with E-state index in [4.69, 9.17) is 0 Å². The lowest BCUT2D eigenvalue weighted by Gasteiger charge is -2.25. The van der Waals surface area contributed by atoms with Gasteiger partial charge in [0.2, 0.25) is 0 Å². The Balaban J connectivity index is 3.33. The third kappa shape index (κ3) is 6.99. The Kier molecular flexibility index (Phi) is 6.96. The van der Waals surface area contributed by atoms with Crippen LogP contribution in [0.15, 0.2) is 0 Å². The lowest BCUT2D eigenvalue weighted by Crippen LogP contribution is -2.39. The second-order valence-electron chi connectivity index (χ2n) is 3.91. The second kappa shape index (κ2) is 6.79. The van der Waals surface area contributed by atoms with Crippen molar-refractivity contribution < 1.29 is 0 Å². The molecule has 0 rings (SSSR count). The Morgan fingerprint density at radius 2 is 2.00 bits per heavy atom. The summed E-state index contributed by atoms with van der Waals surface area (Å²) in [6, 6.07) is 0. The summed E-state index contributed by atoms with van der Waals surface area (Å²) in [4.78, 5) is 0. The zero-order chi connectivity index (χ0) is 9.45. The summed E-state index contributed by atoms with van der Waals surface area (Å²) in [6.45, 7) is 7.98. The number of hydrogen-bond donors (Lipinski definition) is 1. The van der Waals surface area contributed by atoms with Crippen molar-refractivity contribution in [2.75, 3.05) is 18.6 Å². The molecule has 74 valence electrons. The average Bonchev–Trinajstić information content (AvgIpc) is 1.98. The summed E-state index contributed by atoms with van der Waals surface area (Å²) >= 11 is 1.93. The van der Waals surface area contributed by atoms with E-state index in [1.165, 1.54) is 25.0 Å². The molecule has 0 aromatic rings. The van der Waals surface area contributed by atoms with Gasteiger partial charge in [0.1, 0.15) is 0 Å². The highest BCUT2D eigenvalue weighted by Gasteiger charge is 2.13. The van der Waals surface area contributed by atoms with Crippen molar-refractivity contribution in [1.29, 1.82) is 0 Å². The Labute approximate surface area is 81.7 Å². The molecule has 0 fully saturated rings. The van der Waals surface area contributed by atoms with Crippen LogP contribution in [-0.2, 0) is 0 Å². The van der Waals surface area contributed by atoms with Gasteiger partial charge < -0.3 is 5.32 Å². The van der Waals surface area contributed by atoms with Crippen molar-refractivity contribution in [2.24, 2.45) is 0 Å². The Morgan fingerprint density at radius 1 is 1.33 bits per heavy atom. The van der Waals surface area contributed by atoms with Crippen LogP contribution in [0.3, 0.4) is 0 Å². The monoisotopic (exact) mass is 189 g/mol. The topological polar surface area (TPSA) is 12.0 Å². The maximum atomic E-state index is 3.58. The predicted molar refractivity (Wildman–Crippen MR) is 60.0 cm³/mol. The molecule has 1 nitrogen and oxygen atoms in total. The standard InChI is InChI=1S/C10H23NS/c1-5-7-10(2,3)11-8-6-9-12-4/h11H,5-9H2,1-4H3. The zero-order valence-corrected chi connectivity index (χ0v) is 9.76. The highest BCUT2D eigenvalue weighted by atomic mass is 32.2. The maximum absolute atomic E-state index is 3.58. The molecule has 0 saturated carbocycles. The van der Waals surface area contributed by atoms with Crippen LogP contribution in [-0.4, -0.2) is 24.1 Å². The second-order valence-corrected chi connectivity index (χ2v) is 4.89. The normalized spacial score (nSPS) is 12.0. The van der Waals surface area contributed by atoms with E-state index in [9.17, 15) is 0 Å². The molecule has 0 aliphatic rings. The molecule has 1 N–H and O–H groups in total. The Bertz CT molecular complexity index is 102. The summed E-state index contributed by atoms with van der Waals surface area (Å²) in [6.07, 6.45) is 5.99. The first kappa shape index (κ1) is 12.3. The largest absolute Gasteiger partial charge is 0.312 e. The van der Waals surface area contributed by atoms with E-state index >= 15 is 0 Å². The van der Waals surface area contributed by atoms with Gasteiger partial charge in [-0.15, -0.1) is 0 Å². The van der Waals surface area contributed by atoms with Gasteiger partial charge in [-0.05, 0) is 45.2 Å². The summed E-state index contributed by atoms with van der Waals surface area (Å²) in [7, 11) is 0. The van der Waals surface area contributed by atoms with Gasteiger partial charge in [0.05, 0.1) is 0 Å². The van der Waals surface area contributed by atoms with E-state index in [0.717, 1.165) is 6.54 Å². The molecular formula is C10H23NS. The smallest absolute Gasteiger partial charge is 0.0125 e. The van der Waals surface area contributed by atoms with Crippen molar-refractivity contribution in [1.82, 2.24) is 5.32 Å². The highest BCUT2D eigenvalue weighted by Crippen LogP contribution is 2.10. The lowest BCUT2D eigenvalue weighted by molar-refractivity contribution is 0.360. The zero-order valence-electron chi connectivity index (χ0n) is 8.94. The molecule has 0 heterocycles. The average molecular weight is 189 g/mol. The molecule has 0 atom stereocenters. The van der Waals surface area contributed by atoms with E-state index in [1.54, 1.807) is 0 Å². The minimum absolute atomic E-state index is 0.340. The first-order valence-corrected chi connectivity index (χ1v) is 6.25. The van der Waals surface area contributed by atoms with E-state index in [1.807, 2.05) is 11.8 Å². The van der Waals surface area contributed by atoms with Crippen LogP contribution < -0.4 is 5.32 Å². The summed E-state index contributed by atoms with van der Waals surface area (Å²) in [5.74, 6) is 1.27. The first-order chi connectivity index (χ1) is 5.62. The van der Waals surface area contributed by atoms with Gasteiger partial charge in [0.15, 0.2) is 0 Å². The van der Waals surface area contributed by atoms with E-state index in [-0.39, 0.29) is 0 Å². The van der Waals surface area contributed by atoms with Crippen LogP contribution in [0.5, 0.6) is 0 Å². The first-order valence-electron chi connectivity index (χ1n) is 4.86. The molecule has 0 aliphatic carbocycles. The quantitative estimate of drug-likeness (QED) is 0.618. The molecular weight excluding hydrogens is 166 g/mol. The minimum Gasteiger partial charge on any atom is -0.312 e. The van der Waals surface area contributed by atoms with Gasteiger partial charge in [-0.1, -0.05) is 13.3 Å². The fraction of sp³-hybridized carbons (Fsp3) is 1.00. The number of hydrogen-bond acceptors (Lipinski definition) is 2. The maximum Gasteiger partial charge on any atom is 0.0125 e. The SMILES string of the molecule is CCCC(C)(C)NCCCSC. The van der Waals surface area contributed by atoms with Crippen LogP contribution >= 0.6 is 11.8 Å². The third-order valence-corrected chi connectivity index (χ3v) is 2.70. The lowest BCUT2D eigenvalue weighted by atomic mass is 9.99. The molecule has 0 unspecified atom stereocenters. The van der Waals surface area contributed by atoms with Crippen LogP contribution in [0.25, 0.3) is 0 Å². The van der Waals surface area contributed by atoms with Crippen molar-refractivity contribution >= 4 is 11.8 Å². The third-order valence-electron chi connectivity index (χ3n) is 2.00. The fourth-order valence-corrected chi connectivity index (χ4v) is 1.79. The summed E-state index contributed by atoms with van der Waals surface area (Å²) < 4.78 is 0. The predicted octanol–water partition coefficient (Wildman–Crippen LogP) is 2.91. The van der Waals surface area contributed by atoms with E-state index in [2.05, 4.69) is 32.3 Å². The van der Waals surface area contributed by atoms with Gasteiger partial charge in [0, 0.05) is 5.54 Å². The van der Waals surface area contributed by atoms with Crippen LogP contribution in [0.1, 0.15) is 40.0 Å². The molecule has 0 aromatic heterocycles. The van der Waals surface area contributed by atoms with Gasteiger partial charge in [0.25, 0.3) is 0 Å². The van der Waals surface area contributed by atoms with Crippen molar-refractivity contribution in [3.05, 3.63) is 0 Å². The fourth-order valence-electron chi connectivity index (χ4n) is 1.36. The minimum atomic E-state index is 0.340. The van der Waals surface area contributed by atoms with E-state index in [0.29, 0.717) is 5.54 Å². The Hall–Kier alpha value is 0.310. The van der Waals surface area contributed by atoms with E-state index < -0.39 is 0 Å². The summed E-state index contributed by atoms with van der Waals surface area (Å²) in [5.41, 5.74) is 0.340. The highest BCUT2D eigenvalue weighted by molar-refractivity contribution is 7.98. The van der Waals surface area contributed by atoms with Crippen molar-refractivity contribution in [3.8, 4) is 0 Å². The number of thioether (sulfide) groups is 1. The number of rotatable bonds is 7. The van der Waals surface area contributed by atoms with Crippen LogP contribution in [0, 0.1) is 0 Å². The molecule has 0 bridgehead atoms. The molecule has 2 heteroatoms.